The van der Waals surface area contributed by atoms with E-state index in [1.54, 1.807) is 38.4 Å². The minimum atomic E-state index is -0.978. The number of rotatable bonds is 6. The van der Waals surface area contributed by atoms with Gasteiger partial charge >= 0.3 is 5.97 Å². The highest BCUT2D eigenvalue weighted by Crippen LogP contribution is 2.23. The first kappa shape index (κ1) is 19.4. The molecule has 0 unspecified atom stereocenters. The van der Waals surface area contributed by atoms with E-state index in [1.807, 2.05) is 60.7 Å². The van der Waals surface area contributed by atoms with E-state index in [0.717, 1.165) is 11.1 Å². The molecule has 0 aliphatic carbocycles. The summed E-state index contributed by atoms with van der Waals surface area (Å²) in [6.07, 6.45) is -0.363. The van der Waals surface area contributed by atoms with Crippen LogP contribution in [0.1, 0.15) is 33.2 Å². The van der Waals surface area contributed by atoms with Gasteiger partial charge in [-0.1, -0.05) is 78.9 Å². The molecule has 3 rings (SSSR count). The van der Waals surface area contributed by atoms with E-state index in [0.29, 0.717) is 17.5 Å². The van der Waals surface area contributed by atoms with Crippen molar-refractivity contribution in [1.29, 1.82) is 0 Å². The van der Waals surface area contributed by atoms with Crippen molar-refractivity contribution < 1.29 is 14.3 Å². The van der Waals surface area contributed by atoms with Crippen molar-refractivity contribution in [2.45, 2.75) is 12.5 Å². The van der Waals surface area contributed by atoms with Crippen molar-refractivity contribution in [3.05, 3.63) is 107 Å². The van der Waals surface area contributed by atoms with Crippen molar-refractivity contribution >= 4 is 11.9 Å². The van der Waals surface area contributed by atoms with Crippen LogP contribution in [-0.4, -0.2) is 30.9 Å². The van der Waals surface area contributed by atoms with Gasteiger partial charge in [-0.2, -0.15) is 0 Å². The molecule has 0 heterocycles. The lowest BCUT2D eigenvalue weighted by Crippen LogP contribution is -2.31. The Hall–Kier alpha value is -3.40. The second-order valence-electron chi connectivity index (χ2n) is 6.75. The maximum Gasteiger partial charge on any atom is 0.339 e. The van der Waals surface area contributed by atoms with Gasteiger partial charge in [-0.05, 0) is 23.6 Å². The van der Waals surface area contributed by atoms with Gasteiger partial charge in [-0.25, -0.2) is 4.79 Å². The third-order valence-corrected chi connectivity index (χ3v) is 4.47. The zero-order chi connectivity index (χ0) is 19.9. The normalized spacial score (nSPS) is 11.5. The van der Waals surface area contributed by atoms with Gasteiger partial charge in [0, 0.05) is 19.7 Å². The van der Waals surface area contributed by atoms with Crippen molar-refractivity contribution in [3.8, 4) is 0 Å². The number of benzene rings is 3. The SMILES string of the molecule is CN(C)C(=O)[C@H](OC(=O)c1ccccc1Cc1ccccc1)c1ccccc1. The van der Waals surface area contributed by atoms with E-state index >= 15 is 0 Å². The highest BCUT2D eigenvalue weighted by molar-refractivity contribution is 5.94. The number of carbonyl (C=O) groups is 2. The number of amides is 1. The maximum absolute atomic E-state index is 13.0. The highest BCUT2D eigenvalue weighted by Gasteiger charge is 2.27. The Morgan fingerprint density at radius 3 is 2.04 bits per heavy atom. The van der Waals surface area contributed by atoms with Crippen molar-refractivity contribution in [3.63, 3.8) is 0 Å². The lowest BCUT2D eigenvalue weighted by Gasteiger charge is -2.21. The predicted octanol–water partition coefficient (Wildman–Crippen LogP) is 4.26. The van der Waals surface area contributed by atoms with Crippen LogP contribution in [0.4, 0.5) is 0 Å². The standard InChI is InChI=1S/C24H23NO3/c1-25(2)23(26)22(19-13-7-4-8-14-19)28-24(27)21-16-10-9-15-20(21)17-18-11-5-3-6-12-18/h3-16,22H,17H2,1-2H3/t22-/m1/s1. The first-order valence-corrected chi connectivity index (χ1v) is 9.15. The van der Waals surface area contributed by atoms with Gasteiger partial charge in [0.15, 0.2) is 0 Å². The van der Waals surface area contributed by atoms with E-state index in [9.17, 15) is 9.59 Å². The third kappa shape index (κ3) is 4.65. The molecule has 0 aliphatic rings. The van der Waals surface area contributed by atoms with Crippen LogP contribution in [0.25, 0.3) is 0 Å². The third-order valence-electron chi connectivity index (χ3n) is 4.47. The smallest absolute Gasteiger partial charge is 0.339 e. The highest BCUT2D eigenvalue weighted by atomic mass is 16.5. The second kappa shape index (κ2) is 9.00. The first-order valence-electron chi connectivity index (χ1n) is 9.15. The molecule has 142 valence electrons. The topological polar surface area (TPSA) is 46.6 Å². The van der Waals surface area contributed by atoms with Gasteiger partial charge in [0.1, 0.15) is 0 Å². The van der Waals surface area contributed by atoms with Crippen molar-refractivity contribution in [2.24, 2.45) is 0 Å². The zero-order valence-electron chi connectivity index (χ0n) is 16.0. The Bertz CT molecular complexity index is 936. The molecule has 28 heavy (non-hydrogen) atoms. The minimum Gasteiger partial charge on any atom is -0.444 e. The Morgan fingerprint density at radius 2 is 1.39 bits per heavy atom. The number of hydrogen-bond acceptors (Lipinski definition) is 3. The molecule has 0 fully saturated rings. The summed E-state index contributed by atoms with van der Waals surface area (Å²) in [6.45, 7) is 0. The molecule has 4 nitrogen and oxygen atoms in total. The fraction of sp³-hybridized carbons (Fsp3) is 0.167. The Balaban J connectivity index is 1.87. The lowest BCUT2D eigenvalue weighted by atomic mass is 9.99. The summed E-state index contributed by atoms with van der Waals surface area (Å²) in [4.78, 5) is 27.0. The van der Waals surface area contributed by atoms with Crippen LogP contribution in [-0.2, 0) is 16.0 Å². The van der Waals surface area contributed by atoms with Gasteiger partial charge in [-0.15, -0.1) is 0 Å². The Labute approximate surface area is 165 Å². The molecule has 0 radical (unpaired) electrons. The van der Waals surface area contributed by atoms with Crippen molar-refractivity contribution in [1.82, 2.24) is 4.90 Å². The Morgan fingerprint density at radius 1 is 0.821 bits per heavy atom. The molecule has 0 saturated heterocycles. The predicted molar refractivity (Wildman–Crippen MR) is 109 cm³/mol. The molecule has 0 aliphatic heterocycles. The number of likely N-dealkylation sites (N-methyl/N-ethyl adjacent to an activating group) is 1. The molecular formula is C24H23NO3. The molecule has 4 heteroatoms. The largest absolute Gasteiger partial charge is 0.444 e. The van der Waals surface area contributed by atoms with Gasteiger partial charge in [0.25, 0.3) is 5.91 Å². The fourth-order valence-electron chi connectivity index (χ4n) is 2.98. The average Bonchev–Trinajstić information content (AvgIpc) is 2.73. The fourth-order valence-corrected chi connectivity index (χ4v) is 2.98. The molecular weight excluding hydrogens is 350 g/mol. The summed E-state index contributed by atoms with van der Waals surface area (Å²) in [7, 11) is 3.30. The maximum atomic E-state index is 13.0. The molecule has 0 bridgehead atoms. The van der Waals surface area contributed by atoms with Crippen LogP contribution in [0, 0.1) is 0 Å². The molecule has 0 saturated carbocycles. The van der Waals surface area contributed by atoms with Gasteiger partial charge < -0.3 is 9.64 Å². The average molecular weight is 373 g/mol. The summed E-state index contributed by atoms with van der Waals surface area (Å²) in [5, 5.41) is 0. The zero-order valence-corrected chi connectivity index (χ0v) is 16.0. The van der Waals surface area contributed by atoms with E-state index < -0.39 is 12.1 Å². The van der Waals surface area contributed by atoms with Crippen LogP contribution in [0.3, 0.4) is 0 Å². The quantitative estimate of drug-likeness (QED) is 0.607. The number of ether oxygens (including phenoxy) is 1. The van der Waals surface area contributed by atoms with Crippen LogP contribution in [0.5, 0.6) is 0 Å². The van der Waals surface area contributed by atoms with Crippen LogP contribution in [0.2, 0.25) is 0 Å². The molecule has 0 N–H and O–H groups in total. The first-order chi connectivity index (χ1) is 13.6. The van der Waals surface area contributed by atoms with Gasteiger partial charge in [0.2, 0.25) is 6.10 Å². The molecule has 3 aromatic carbocycles. The Kier molecular flexibility index (Phi) is 6.22. The monoisotopic (exact) mass is 373 g/mol. The van der Waals surface area contributed by atoms with Crippen LogP contribution in [0.15, 0.2) is 84.9 Å². The summed E-state index contributed by atoms with van der Waals surface area (Å²) < 4.78 is 5.69. The summed E-state index contributed by atoms with van der Waals surface area (Å²) in [6, 6.07) is 26.4. The number of nitrogens with zero attached hydrogens (tertiary/aromatic N) is 1. The van der Waals surface area contributed by atoms with E-state index in [4.69, 9.17) is 4.74 Å². The molecule has 0 spiro atoms. The second-order valence-corrected chi connectivity index (χ2v) is 6.75. The van der Waals surface area contributed by atoms with E-state index in [1.165, 1.54) is 4.90 Å². The van der Waals surface area contributed by atoms with Gasteiger partial charge in [0.05, 0.1) is 5.56 Å². The summed E-state index contributed by atoms with van der Waals surface area (Å²) in [5.41, 5.74) is 3.09. The van der Waals surface area contributed by atoms with Gasteiger partial charge in [-0.3, -0.25) is 4.79 Å². The molecule has 1 atom stereocenters. The summed E-state index contributed by atoms with van der Waals surface area (Å²) >= 11 is 0. The molecule has 0 aromatic heterocycles. The van der Waals surface area contributed by atoms with Crippen molar-refractivity contribution in [2.75, 3.05) is 14.1 Å². The van der Waals surface area contributed by atoms with E-state index in [2.05, 4.69) is 0 Å². The van der Waals surface area contributed by atoms with Crippen LogP contribution >= 0.6 is 0 Å². The van der Waals surface area contributed by atoms with E-state index in [-0.39, 0.29) is 5.91 Å². The number of esters is 1. The summed E-state index contributed by atoms with van der Waals surface area (Å²) in [5.74, 6) is -0.782. The van der Waals surface area contributed by atoms with Crippen LogP contribution < -0.4 is 0 Å². The molecule has 3 aromatic rings. The molecule has 1 amide bonds. The number of carbonyl (C=O) groups excluding carboxylic acids is 2. The number of hydrogen-bond donors (Lipinski definition) is 0. The lowest BCUT2D eigenvalue weighted by molar-refractivity contribution is -0.138. The minimum absolute atomic E-state index is 0.278.